The van der Waals surface area contributed by atoms with E-state index in [2.05, 4.69) is 15.1 Å². The molecule has 2 aromatic heterocycles. The number of hydrogen-bond acceptors (Lipinski definition) is 5. The fourth-order valence-corrected chi connectivity index (χ4v) is 3.25. The van der Waals surface area contributed by atoms with Crippen molar-refractivity contribution in [3.8, 4) is 0 Å². The fourth-order valence-electron chi connectivity index (χ4n) is 3.25. The van der Waals surface area contributed by atoms with E-state index in [1.165, 1.54) is 6.20 Å². The standard InChI is InChI=1S/C16H23N5O3/c1-9-5-10(14(23)24)8-20(7-9)15-18-12-11(13(22)19-15)6-17-21(12)16(2,3)4/h6,9-10H,5,7-8H2,1-4H3,(H,23,24)(H,18,19,22). The highest BCUT2D eigenvalue weighted by Crippen LogP contribution is 2.26. The highest BCUT2D eigenvalue weighted by molar-refractivity contribution is 5.75. The van der Waals surface area contributed by atoms with Crippen molar-refractivity contribution in [2.24, 2.45) is 11.8 Å². The molecule has 0 saturated carbocycles. The Hall–Kier alpha value is -2.38. The second kappa shape index (κ2) is 5.61. The summed E-state index contributed by atoms with van der Waals surface area (Å²) in [5, 5.41) is 14.1. The average Bonchev–Trinajstić information content (AvgIpc) is 2.91. The van der Waals surface area contributed by atoms with Gasteiger partial charge in [0.05, 0.1) is 17.7 Å². The van der Waals surface area contributed by atoms with Gasteiger partial charge in [0.25, 0.3) is 5.56 Å². The number of aromatic nitrogens is 4. The number of nitrogens with one attached hydrogen (secondary N) is 1. The Morgan fingerprint density at radius 1 is 1.38 bits per heavy atom. The van der Waals surface area contributed by atoms with Crippen LogP contribution in [0, 0.1) is 11.8 Å². The molecule has 2 unspecified atom stereocenters. The zero-order valence-corrected chi connectivity index (χ0v) is 14.4. The molecule has 0 radical (unpaired) electrons. The first-order chi connectivity index (χ1) is 11.2. The van der Waals surface area contributed by atoms with Crippen LogP contribution in [0.3, 0.4) is 0 Å². The lowest BCUT2D eigenvalue weighted by atomic mass is 9.91. The molecule has 2 N–H and O–H groups in total. The summed E-state index contributed by atoms with van der Waals surface area (Å²) >= 11 is 0. The Labute approximate surface area is 139 Å². The second-order valence-corrected chi connectivity index (χ2v) is 7.64. The van der Waals surface area contributed by atoms with Gasteiger partial charge in [-0.25, -0.2) is 4.68 Å². The normalized spacial score (nSPS) is 22.1. The first-order valence-corrected chi connectivity index (χ1v) is 8.13. The van der Waals surface area contributed by atoms with Crippen LogP contribution < -0.4 is 10.5 Å². The molecular weight excluding hydrogens is 310 g/mol. The van der Waals surface area contributed by atoms with Crippen molar-refractivity contribution < 1.29 is 9.90 Å². The van der Waals surface area contributed by atoms with Gasteiger partial charge < -0.3 is 10.0 Å². The number of anilines is 1. The minimum atomic E-state index is -0.810. The molecule has 8 heteroatoms. The number of hydrogen-bond donors (Lipinski definition) is 2. The quantitative estimate of drug-likeness (QED) is 0.861. The summed E-state index contributed by atoms with van der Waals surface area (Å²) in [7, 11) is 0. The predicted octanol–water partition coefficient (Wildman–Crippen LogP) is 1.42. The summed E-state index contributed by atoms with van der Waals surface area (Å²) in [5.41, 5.74) is -0.0412. The third-order valence-corrected chi connectivity index (χ3v) is 4.37. The van der Waals surface area contributed by atoms with Gasteiger partial charge >= 0.3 is 5.97 Å². The largest absolute Gasteiger partial charge is 0.481 e. The van der Waals surface area contributed by atoms with E-state index < -0.39 is 11.9 Å². The van der Waals surface area contributed by atoms with Crippen molar-refractivity contribution in [1.82, 2.24) is 19.7 Å². The molecule has 3 rings (SSSR count). The van der Waals surface area contributed by atoms with Crippen molar-refractivity contribution >= 4 is 23.0 Å². The van der Waals surface area contributed by atoms with E-state index in [1.807, 2.05) is 32.6 Å². The van der Waals surface area contributed by atoms with Gasteiger partial charge in [-0.05, 0) is 33.1 Å². The Kier molecular flexibility index (Phi) is 3.85. The summed E-state index contributed by atoms with van der Waals surface area (Å²) in [4.78, 5) is 33.0. The Morgan fingerprint density at radius 3 is 2.71 bits per heavy atom. The van der Waals surface area contributed by atoms with Gasteiger partial charge in [-0.1, -0.05) is 6.92 Å². The highest BCUT2D eigenvalue weighted by atomic mass is 16.4. The molecule has 130 valence electrons. The third kappa shape index (κ3) is 2.88. The lowest BCUT2D eigenvalue weighted by molar-refractivity contribution is -0.142. The molecule has 8 nitrogen and oxygen atoms in total. The smallest absolute Gasteiger partial charge is 0.308 e. The number of H-pyrrole nitrogens is 1. The van der Waals surface area contributed by atoms with Crippen LogP contribution in [-0.4, -0.2) is 43.9 Å². The number of piperidine rings is 1. The Bertz CT molecular complexity index is 832. The summed E-state index contributed by atoms with van der Waals surface area (Å²) in [6.45, 7) is 9.00. The highest BCUT2D eigenvalue weighted by Gasteiger charge is 2.31. The number of carboxylic acids is 1. The summed E-state index contributed by atoms with van der Waals surface area (Å²) in [6, 6.07) is 0. The number of aromatic amines is 1. The van der Waals surface area contributed by atoms with Gasteiger partial charge in [0.2, 0.25) is 5.95 Å². The molecule has 0 bridgehead atoms. The molecule has 0 amide bonds. The Balaban J connectivity index is 2.06. The number of carbonyl (C=O) groups is 1. The van der Waals surface area contributed by atoms with Gasteiger partial charge in [-0.15, -0.1) is 0 Å². The number of nitrogens with zero attached hydrogens (tertiary/aromatic N) is 4. The summed E-state index contributed by atoms with van der Waals surface area (Å²) < 4.78 is 1.73. The van der Waals surface area contributed by atoms with Crippen LogP contribution >= 0.6 is 0 Å². The molecule has 1 fully saturated rings. The van der Waals surface area contributed by atoms with E-state index in [-0.39, 0.29) is 17.0 Å². The van der Waals surface area contributed by atoms with E-state index in [0.717, 1.165) is 0 Å². The van der Waals surface area contributed by atoms with E-state index in [9.17, 15) is 14.7 Å². The van der Waals surface area contributed by atoms with Crippen molar-refractivity contribution in [2.75, 3.05) is 18.0 Å². The van der Waals surface area contributed by atoms with E-state index in [4.69, 9.17) is 0 Å². The first-order valence-electron chi connectivity index (χ1n) is 8.13. The average molecular weight is 333 g/mol. The molecule has 1 saturated heterocycles. The minimum absolute atomic E-state index is 0.216. The second-order valence-electron chi connectivity index (χ2n) is 7.64. The number of rotatable bonds is 2. The van der Waals surface area contributed by atoms with Crippen LogP contribution in [0.25, 0.3) is 11.0 Å². The molecule has 0 spiro atoms. The van der Waals surface area contributed by atoms with Gasteiger partial charge in [-0.3, -0.25) is 14.6 Å². The van der Waals surface area contributed by atoms with Crippen LogP contribution in [-0.2, 0) is 10.3 Å². The van der Waals surface area contributed by atoms with Crippen LogP contribution in [0.5, 0.6) is 0 Å². The molecule has 0 aliphatic carbocycles. The summed E-state index contributed by atoms with van der Waals surface area (Å²) in [5.74, 6) is -0.637. The number of carboxylic acid groups (broad SMARTS) is 1. The van der Waals surface area contributed by atoms with E-state index >= 15 is 0 Å². The van der Waals surface area contributed by atoms with Crippen LogP contribution in [0.2, 0.25) is 0 Å². The maximum absolute atomic E-state index is 12.4. The van der Waals surface area contributed by atoms with Crippen molar-refractivity contribution in [3.05, 3.63) is 16.6 Å². The molecule has 0 aromatic carbocycles. The number of aliphatic carboxylic acids is 1. The Morgan fingerprint density at radius 2 is 2.08 bits per heavy atom. The van der Waals surface area contributed by atoms with Gasteiger partial charge in [-0.2, -0.15) is 10.1 Å². The third-order valence-electron chi connectivity index (χ3n) is 4.37. The molecule has 24 heavy (non-hydrogen) atoms. The zero-order valence-electron chi connectivity index (χ0n) is 14.4. The molecule has 1 aliphatic heterocycles. The van der Waals surface area contributed by atoms with Crippen molar-refractivity contribution in [2.45, 2.75) is 39.7 Å². The van der Waals surface area contributed by atoms with Crippen LogP contribution in [0.1, 0.15) is 34.1 Å². The SMILES string of the molecule is CC1CC(C(=O)O)CN(c2nc3c(cnn3C(C)(C)C)c(=O)[nH]2)C1. The lowest BCUT2D eigenvalue weighted by Crippen LogP contribution is -2.44. The molecule has 2 aromatic rings. The van der Waals surface area contributed by atoms with Gasteiger partial charge in [0, 0.05) is 13.1 Å². The minimum Gasteiger partial charge on any atom is -0.481 e. The maximum Gasteiger partial charge on any atom is 0.308 e. The first kappa shape index (κ1) is 16.5. The van der Waals surface area contributed by atoms with E-state index in [1.54, 1.807) is 4.68 Å². The summed E-state index contributed by atoms with van der Waals surface area (Å²) in [6.07, 6.45) is 2.16. The van der Waals surface area contributed by atoms with Crippen molar-refractivity contribution in [3.63, 3.8) is 0 Å². The topological polar surface area (TPSA) is 104 Å². The zero-order chi connectivity index (χ0) is 17.6. The van der Waals surface area contributed by atoms with Gasteiger partial charge in [0.1, 0.15) is 5.39 Å². The molecule has 3 heterocycles. The lowest BCUT2D eigenvalue weighted by Gasteiger charge is -2.35. The molecule has 2 atom stereocenters. The monoisotopic (exact) mass is 333 g/mol. The number of fused-ring (bicyclic) bond motifs is 1. The maximum atomic E-state index is 12.4. The van der Waals surface area contributed by atoms with Crippen LogP contribution in [0.15, 0.2) is 11.0 Å². The predicted molar refractivity (Wildman–Crippen MR) is 90.3 cm³/mol. The van der Waals surface area contributed by atoms with Crippen molar-refractivity contribution in [1.29, 1.82) is 0 Å². The fraction of sp³-hybridized carbons (Fsp3) is 0.625. The van der Waals surface area contributed by atoms with Crippen LogP contribution in [0.4, 0.5) is 5.95 Å². The van der Waals surface area contributed by atoms with Gasteiger partial charge in [0.15, 0.2) is 5.65 Å². The molecule has 1 aliphatic rings. The molecular formula is C16H23N5O3. The van der Waals surface area contributed by atoms with E-state index in [0.29, 0.717) is 36.5 Å².